The Morgan fingerprint density at radius 3 is 2.62 bits per heavy atom. The number of carbonyl (C=O) groups excluding carboxylic acids is 2. The van der Waals surface area contributed by atoms with Gasteiger partial charge in [0.2, 0.25) is 5.91 Å². The van der Waals surface area contributed by atoms with Crippen LogP contribution >= 0.6 is 0 Å². The van der Waals surface area contributed by atoms with Crippen LogP contribution in [0.5, 0.6) is 5.75 Å². The van der Waals surface area contributed by atoms with Crippen LogP contribution in [0, 0.1) is 5.92 Å². The topological polar surface area (TPSA) is 74.8 Å². The van der Waals surface area contributed by atoms with Crippen molar-refractivity contribution in [3.05, 3.63) is 54.4 Å². The zero-order valence-corrected chi connectivity index (χ0v) is 18.9. The molecule has 7 heteroatoms. The van der Waals surface area contributed by atoms with Crippen LogP contribution in [0.25, 0.3) is 0 Å². The van der Waals surface area contributed by atoms with Gasteiger partial charge in [-0.25, -0.2) is 4.79 Å². The number of pyridine rings is 1. The average Bonchev–Trinajstić information content (AvgIpc) is 3.23. The molecule has 0 aliphatic carbocycles. The fourth-order valence-corrected chi connectivity index (χ4v) is 4.11. The predicted octanol–water partition coefficient (Wildman–Crippen LogP) is 4.13. The first kappa shape index (κ1) is 22.1. The van der Waals surface area contributed by atoms with Gasteiger partial charge in [-0.2, -0.15) is 0 Å². The summed E-state index contributed by atoms with van der Waals surface area (Å²) in [5.41, 5.74) is 1.91. The van der Waals surface area contributed by atoms with E-state index < -0.39 is 0 Å². The van der Waals surface area contributed by atoms with Crippen LogP contribution in [0.2, 0.25) is 0 Å². The van der Waals surface area contributed by atoms with Gasteiger partial charge < -0.3 is 19.9 Å². The molecule has 0 spiro atoms. The molecule has 2 aliphatic rings. The monoisotopic (exact) mass is 436 g/mol. The summed E-state index contributed by atoms with van der Waals surface area (Å²) in [5, 5.41) is 2.95. The minimum absolute atomic E-state index is 0.0156. The summed E-state index contributed by atoms with van der Waals surface area (Å²) >= 11 is 0. The largest absolute Gasteiger partial charge is 0.489 e. The first-order valence-corrected chi connectivity index (χ1v) is 11.5. The number of rotatable bonds is 7. The van der Waals surface area contributed by atoms with Gasteiger partial charge >= 0.3 is 6.03 Å². The summed E-state index contributed by atoms with van der Waals surface area (Å²) in [6.45, 7) is 7.02. The average molecular weight is 437 g/mol. The summed E-state index contributed by atoms with van der Waals surface area (Å²) in [6, 6.07) is 11.3. The quantitative estimate of drug-likeness (QED) is 0.708. The van der Waals surface area contributed by atoms with Crippen molar-refractivity contribution >= 4 is 17.6 Å². The second kappa shape index (κ2) is 10.0. The molecule has 170 valence electrons. The highest BCUT2D eigenvalue weighted by atomic mass is 16.5. The molecule has 1 unspecified atom stereocenters. The number of amides is 3. The number of benzene rings is 1. The highest BCUT2D eigenvalue weighted by Gasteiger charge is 2.32. The van der Waals surface area contributed by atoms with Gasteiger partial charge in [-0.15, -0.1) is 0 Å². The van der Waals surface area contributed by atoms with Crippen LogP contribution in [0.15, 0.2) is 48.8 Å². The Kier molecular flexibility index (Phi) is 6.93. The molecule has 1 aromatic heterocycles. The van der Waals surface area contributed by atoms with E-state index in [1.54, 1.807) is 11.1 Å². The van der Waals surface area contributed by atoms with Gasteiger partial charge in [-0.3, -0.25) is 9.78 Å². The molecule has 1 N–H and O–H groups in total. The van der Waals surface area contributed by atoms with E-state index in [1.165, 1.54) is 5.56 Å². The minimum atomic E-state index is -0.0925. The summed E-state index contributed by atoms with van der Waals surface area (Å²) in [7, 11) is 0. The number of nitrogens with zero attached hydrogens (tertiary/aromatic N) is 3. The summed E-state index contributed by atoms with van der Waals surface area (Å²) < 4.78 is 6.07. The number of ether oxygens (including phenoxy) is 1. The zero-order valence-electron chi connectivity index (χ0n) is 18.9. The first-order valence-electron chi connectivity index (χ1n) is 11.5. The smallest absolute Gasteiger partial charge is 0.321 e. The van der Waals surface area contributed by atoms with Crippen LogP contribution in [0.1, 0.15) is 44.6 Å². The van der Waals surface area contributed by atoms with Gasteiger partial charge in [-0.05, 0) is 41.8 Å². The first-order chi connectivity index (χ1) is 15.5. The van der Waals surface area contributed by atoms with E-state index in [1.807, 2.05) is 41.4 Å². The van der Waals surface area contributed by atoms with Crippen molar-refractivity contribution in [2.24, 2.45) is 5.92 Å². The number of urea groups is 1. The van der Waals surface area contributed by atoms with E-state index >= 15 is 0 Å². The van der Waals surface area contributed by atoms with Gasteiger partial charge in [0.15, 0.2) is 0 Å². The van der Waals surface area contributed by atoms with E-state index in [4.69, 9.17) is 4.74 Å². The molecular weight excluding hydrogens is 404 g/mol. The van der Waals surface area contributed by atoms with E-state index in [9.17, 15) is 9.59 Å². The highest BCUT2D eigenvalue weighted by Crippen LogP contribution is 2.27. The molecule has 2 saturated heterocycles. The third kappa shape index (κ3) is 5.39. The standard InChI is InChI=1S/C25H32N4O3/c1-3-18(2)13-24(30)28-12-10-23(17-28)32-22-8-6-21(7-9-22)27-25(31)29-15-20(16-29)19-5-4-11-26-14-19/h4-9,11,14,18,20,23H,3,10,12-13,15-17H2,1-2H3,(H,27,31)/t18-,23?/m1/s1. The van der Waals surface area contributed by atoms with E-state index in [0.29, 0.717) is 37.9 Å². The maximum Gasteiger partial charge on any atom is 0.321 e. The van der Waals surface area contributed by atoms with Crippen LogP contribution in [0.4, 0.5) is 10.5 Å². The van der Waals surface area contributed by atoms with Crippen molar-refractivity contribution in [2.75, 3.05) is 31.5 Å². The maximum atomic E-state index is 12.5. The van der Waals surface area contributed by atoms with Crippen molar-refractivity contribution in [2.45, 2.75) is 45.1 Å². The molecule has 0 bridgehead atoms. The van der Waals surface area contributed by atoms with Gasteiger partial charge in [0.1, 0.15) is 11.9 Å². The number of likely N-dealkylation sites (tertiary alicyclic amines) is 2. The summed E-state index contributed by atoms with van der Waals surface area (Å²) in [5.74, 6) is 1.75. The Morgan fingerprint density at radius 2 is 1.94 bits per heavy atom. The van der Waals surface area contributed by atoms with Crippen molar-refractivity contribution in [3.63, 3.8) is 0 Å². The molecule has 32 heavy (non-hydrogen) atoms. The molecule has 2 aromatic rings. The van der Waals surface area contributed by atoms with E-state index in [0.717, 1.165) is 30.8 Å². The summed E-state index contributed by atoms with van der Waals surface area (Å²) in [4.78, 5) is 32.7. The fraction of sp³-hybridized carbons (Fsp3) is 0.480. The van der Waals surface area contributed by atoms with Crippen LogP contribution < -0.4 is 10.1 Å². The number of aromatic nitrogens is 1. The van der Waals surface area contributed by atoms with Gasteiger partial charge in [0.25, 0.3) is 0 Å². The molecule has 0 saturated carbocycles. The second-order valence-corrected chi connectivity index (χ2v) is 8.93. The lowest BCUT2D eigenvalue weighted by Crippen LogP contribution is -2.50. The Morgan fingerprint density at radius 1 is 1.16 bits per heavy atom. The minimum Gasteiger partial charge on any atom is -0.489 e. The molecule has 1 aromatic carbocycles. The molecule has 7 nitrogen and oxygen atoms in total. The predicted molar refractivity (Wildman–Crippen MR) is 124 cm³/mol. The van der Waals surface area contributed by atoms with Crippen molar-refractivity contribution in [1.82, 2.24) is 14.8 Å². The number of nitrogens with one attached hydrogen (secondary N) is 1. The van der Waals surface area contributed by atoms with E-state index in [2.05, 4.69) is 30.2 Å². The molecule has 3 amide bonds. The molecule has 3 heterocycles. The fourth-order valence-electron chi connectivity index (χ4n) is 4.11. The lowest BCUT2D eigenvalue weighted by atomic mass is 9.93. The van der Waals surface area contributed by atoms with Gasteiger partial charge in [-0.1, -0.05) is 26.3 Å². The lowest BCUT2D eigenvalue weighted by Gasteiger charge is -2.39. The Bertz CT molecular complexity index is 913. The zero-order chi connectivity index (χ0) is 22.5. The Balaban J connectivity index is 1.21. The lowest BCUT2D eigenvalue weighted by molar-refractivity contribution is -0.131. The Hall–Kier alpha value is -3.09. The number of hydrogen-bond acceptors (Lipinski definition) is 4. The molecule has 4 rings (SSSR count). The van der Waals surface area contributed by atoms with Gasteiger partial charge in [0, 0.05) is 56.5 Å². The number of carbonyl (C=O) groups is 2. The van der Waals surface area contributed by atoms with Crippen LogP contribution in [-0.2, 0) is 4.79 Å². The van der Waals surface area contributed by atoms with E-state index in [-0.39, 0.29) is 18.0 Å². The normalized spacial score (nSPS) is 19.4. The molecular formula is C25H32N4O3. The SMILES string of the molecule is CC[C@@H](C)CC(=O)N1CCC(Oc2ccc(NC(=O)N3CC(c4cccnc4)C3)cc2)C1. The number of hydrogen-bond donors (Lipinski definition) is 1. The highest BCUT2D eigenvalue weighted by molar-refractivity contribution is 5.90. The summed E-state index contributed by atoms with van der Waals surface area (Å²) in [6.07, 6.45) is 6.11. The molecule has 2 fully saturated rings. The third-order valence-electron chi connectivity index (χ3n) is 6.45. The third-order valence-corrected chi connectivity index (χ3v) is 6.45. The van der Waals surface area contributed by atoms with Crippen LogP contribution in [0.3, 0.4) is 0 Å². The van der Waals surface area contributed by atoms with Gasteiger partial charge in [0.05, 0.1) is 6.54 Å². The maximum absolute atomic E-state index is 12.5. The number of anilines is 1. The second-order valence-electron chi connectivity index (χ2n) is 8.93. The van der Waals surface area contributed by atoms with Crippen molar-refractivity contribution in [1.29, 1.82) is 0 Å². The van der Waals surface area contributed by atoms with Crippen LogP contribution in [-0.4, -0.2) is 59.0 Å². The van der Waals surface area contributed by atoms with Crippen molar-refractivity contribution < 1.29 is 14.3 Å². The van der Waals surface area contributed by atoms with Crippen molar-refractivity contribution in [3.8, 4) is 5.75 Å². The Labute approximate surface area is 189 Å². The molecule has 2 atom stereocenters. The molecule has 2 aliphatic heterocycles. The molecule has 0 radical (unpaired) electrons.